The van der Waals surface area contributed by atoms with E-state index in [1.807, 2.05) is 30.3 Å². The van der Waals surface area contributed by atoms with E-state index in [0.29, 0.717) is 59.9 Å². The van der Waals surface area contributed by atoms with Crippen molar-refractivity contribution in [3.8, 4) is 23.0 Å². The summed E-state index contributed by atoms with van der Waals surface area (Å²) in [5, 5.41) is 0.568. The van der Waals surface area contributed by atoms with Gasteiger partial charge in [-0.1, -0.05) is 23.5 Å². The van der Waals surface area contributed by atoms with Crippen LogP contribution in [0.25, 0.3) is 10.2 Å². The minimum absolute atomic E-state index is 0.140. The predicted molar refractivity (Wildman–Crippen MR) is 129 cm³/mol. The second-order valence-electron chi connectivity index (χ2n) is 7.95. The number of amides is 1. The first-order chi connectivity index (χ1) is 16.7. The van der Waals surface area contributed by atoms with Gasteiger partial charge in [-0.25, -0.2) is 4.98 Å². The van der Waals surface area contributed by atoms with E-state index in [-0.39, 0.29) is 12.5 Å². The number of nitrogens with zero attached hydrogens (tertiary/aromatic N) is 3. The minimum Gasteiger partial charge on any atom is -0.495 e. The van der Waals surface area contributed by atoms with Crippen molar-refractivity contribution in [2.75, 3.05) is 65.1 Å². The van der Waals surface area contributed by atoms with E-state index in [2.05, 4.69) is 4.90 Å². The maximum absolute atomic E-state index is 13.7. The summed E-state index contributed by atoms with van der Waals surface area (Å²) >= 11 is 1.40. The number of ether oxygens (including phenoxy) is 5. The van der Waals surface area contributed by atoms with Gasteiger partial charge in [-0.2, -0.15) is 0 Å². The van der Waals surface area contributed by atoms with E-state index in [0.717, 1.165) is 17.8 Å². The number of carbonyl (C=O) groups is 1. The Bertz CT molecular complexity index is 1120. The van der Waals surface area contributed by atoms with Crippen molar-refractivity contribution in [1.82, 2.24) is 9.88 Å². The minimum atomic E-state index is -0.768. The van der Waals surface area contributed by atoms with Crippen LogP contribution < -0.4 is 23.8 Å². The lowest BCUT2D eigenvalue weighted by Gasteiger charge is -2.32. The molecule has 1 saturated heterocycles. The average molecular weight is 486 g/mol. The molecular formula is C24H27N3O6S. The van der Waals surface area contributed by atoms with Gasteiger partial charge in [0.05, 0.1) is 27.4 Å². The van der Waals surface area contributed by atoms with Crippen LogP contribution in [-0.2, 0) is 9.53 Å². The second kappa shape index (κ2) is 10.0. The van der Waals surface area contributed by atoms with Gasteiger partial charge in [0.15, 0.2) is 16.6 Å². The molecule has 1 atom stereocenters. The number of hydrogen-bond donors (Lipinski definition) is 0. The molecule has 0 bridgehead atoms. The fourth-order valence-corrected chi connectivity index (χ4v) is 5.18. The summed E-state index contributed by atoms with van der Waals surface area (Å²) in [6, 6.07) is 11.0. The first-order valence-corrected chi connectivity index (χ1v) is 12.0. The van der Waals surface area contributed by atoms with Gasteiger partial charge >= 0.3 is 0 Å². The normalized spacial score (nSPS) is 18.0. The van der Waals surface area contributed by atoms with E-state index in [1.165, 1.54) is 11.3 Å². The van der Waals surface area contributed by atoms with Crippen LogP contribution in [0.2, 0.25) is 0 Å². The van der Waals surface area contributed by atoms with E-state index < -0.39 is 6.10 Å². The summed E-state index contributed by atoms with van der Waals surface area (Å²) in [7, 11) is 3.22. The third-order valence-corrected chi connectivity index (χ3v) is 7.02. The Morgan fingerprint density at radius 2 is 1.85 bits per heavy atom. The van der Waals surface area contributed by atoms with Crippen LogP contribution >= 0.6 is 11.3 Å². The summed E-state index contributed by atoms with van der Waals surface area (Å²) < 4.78 is 29.2. The highest BCUT2D eigenvalue weighted by molar-refractivity contribution is 7.22. The number of rotatable bonds is 7. The number of benzene rings is 2. The van der Waals surface area contributed by atoms with Crippen LogP contribution in [-0.4, -0.2) is 82.1 Å². The molecule has 0 saturated carbocycles. The lowest BCUT2D eigenvalue weighted by atomic mass is 10.2. The summed E-state index contributed by atoms with van der Waals surface area (Å²) in [6.07, 6.45) is -0.768. The van der Waals surface area contributed by atoms with Crippen molar-refractivity contribution in [2.24, 2.45) is 0 Å². The predicted octanol–water partition coefficient (Wildman–Crippen LogP) is 2.82. The van der Waals surface area contributed by atoms with Gasteiger partial charge in [0, 0.05) is 26.2 Å². The topological polar surface area (TPSA) is 82.6 Å². The molecule has 1 unspecified atom stereocenters. The van der Waals surface area contributed by atoms with Crippen LogP contribution in [0.1, 0.15) is 0 Å². The zero-order chi connectivity index (χ0) is 23.5. The fraction of sp³-hybridized carbons (Fsp3) is 0.417. The van der Waals surface area contributed by atoms with Crippen molar-refractivity contribution in [3.05, 3.63) is 36.4 Å². The first-order valence-electron chi connectivity index (χ1n) is 11.2. The summed E-state index contributed by atoms with van der Waals surface area (Å²) in [5.74, 6) is 2.32. The average Bonchev–Trinajstić information content (AvgIpc) is 3.33. The highest BCUT2D eigenvalue weighted by Gasteiger charge is 2.34. The molecule has 2 aliphatic rings. The highest BCUT2D eigenvalue weighted by Crippen LogP contribution is 2.40. The van der Waals surface area contributed by atoms with E-state index in [9.17, 15) is 4.79 Å². The van der Waals surface area contributed by atoms with Crippen molar-refractivity contribution in [1.29, 1.82) is 0 Å². The van der Waals surface area contributed by atoms with Crippen molar-refractivity contribution < 1.29 is 28.5 Å². The lowest BCUT2D eigenvalue weighted by Crippen LogP contribution is -2.49. The van der Waals surface area contributed by atoms with Gasteiger partial charge in [-0.05, 0) is 24.3 Å². The van der Waals surface area contributed by atoms with Gasteiger partial charge < -0.3 is 23.7 Å². The summed E-state index contributed by atoms with van der Waals surface area (Å²) in [6.45, 7) is 4.36. The van der Waals surface area contributed by atoms with Gasteiger partial charge in [0.25, 0.3) is 5.91 Å². The molecular weight excluding hydrogens is 458 g/mol. The standard InChI is InChI=1S/C24H27N3O6S/c1-29-18-7-8-19(30-2)22-21(18)25-24(34-22)27(10-9-26-11-13-31-14-12-26)23(28)20-15-32-16-5-3-4-6-17(16)33-20/h3-8,20H,9-15H2,1-2H3. The molecule has 9 nitrogen and oxygen atoms in total. The van der Waals surface area contributed by atoms with Gasteiger partial charge in [-0.15, -0.1) is 0 Å². The third kappa shape index (κ3) is 4.48. The Kier molecular flexibility index (Phi) is 6.70. The smallest absolute Gasteiger partial charge is 0.273 e. The monoisotopic (exact) mass is 485 g/mol. The molecule has 0 aliphatic carbocycles. The third-order valence-electron chi connectivity index (χ3n) is 5.92. The van der Waals surface area contributed by atoms with Crippen LogP contribution in [0.3, 0.4) is 0 Å². The van der Waals surface area contributed by atoms with Gasteiger partial charge in [-0.3, -0.25) is 14.6 Å². The zero-order valence-electron chi connectivity index (χ0n) is 19.2. The second-order valence-corrected chi connectivity index (χ2v) is 8.93. The number of hydrogen-bond acceptors (Lipinski definition) is 9. The molecule has 2 aliphatic heterocycles. The SMILES string of the molecule is COc1ccc(OC)c2sc(N(CCN3CCOCC3)C(=O)C3COc4ccccc4O3)nc12. The number of methoxy groups -OCH3 is 2. The molecule has 1 aromatic heterocycles. The van der Waals surface area contributed by atoms with Gasteiger partial charge in [0.2, 0.25) is 6.10 Å². The Morgan fingerprint density at radius 1 is 1.12 bits per heavy atom. The molecule has 180 valence electrons. The summed E-state index contributed by atoms with van der Waals surface area (Å²) in [5.41, 5.74) is 0.664. The number of para-hydroxylation sites is 2. The molecule has 2 aromatic carbocycles. The number of morpholine rings is 1. The quantitative estimate of drug-likeness (QED) is 0.505. The number of carbonyl (C=O) groups excluding carboxylic acids is 1. The molecule has 5 rings (SSSR count). The zero-order valence-corrected chi connectivity index (χ0v) is 20.0. The molecule has 0 radical (unpaired) electrons. The van der Waals surface area contributed by atoms with Crippen LogP contribution in [0.5, 0.6) is 23.0 Å². The number of aromatic nitrogens is 1. The molecule has 3 heterocycles. The Morgan fingerprint density at radius 3 is 2.62 bits per heavy atom. The van der Waals surface area contributed by atoms with E-state index in [1.54, 1.807) is 25.2 Å². The lowest BCUT2D eigenvalue weighted by molar-refractivity contribution is -0.127. The maximum atomic E-state index is 13.7. The van der Waals surface area contributed by atoms with Crippen LogP contribution in [0, 0.1) is 0 Å². The van der Waals surface area contributed by atoms with E-state index in [4.69, 9.17) is 28.7 Å². The largest absolute Gasteiger partial charge is 0.495 e. The number of thiazole rings is 1. The number of anilines is 1. The Hall–Kier alpha value is -3.08. The fourth-order valence-electron chi connectivity index (χ4n) is 4.07. The molecule has 0 N–H and O–H groups in total. The molecule has 34 heavy (non-hydrogen) atoms. The molecule has 0 spiro atoms. The Balaban J connectivity index is 1.46. The van der Waals surface area contributed by atoms with Crippen molar-refractivity contribution in [2.45, 2.75) is 6.10 Å². The highest BCUT2D eigenvalue weighted by atomic mass is 32.1. The van der Waals surface area contributed by atoms with E-state index >= 15 is 0 Å². The first kappa shape index (κ1) is 22.7. The number of fused-ring (bicyclic) bond motifs is 2. The summed E-state index contributed by atoms with van der Waals surface area (Å²) in [4.78, 5) is 22.5. The molecule has 10 heteroatoms. The van der Waals surface area contributed by atoms with Crippen LogP contribution in [0.15, 0.2) is 36.4 Å². The molecule has 1 amide bonds. The van der Waals surface area contributed by atoms with Crippen molar-refractivity contribution in [3.63, 3.8) is 0 Å². The maximum Gasteiger partial charge on any atom is 0.273 e. The molecule has 1 fully saturated rings. The Labute approximate surface area is 201 Å². The van der Waals surface area contributed by atoms with Gasteiger partial charge in [0.1, 0.15) is 28.3 Å². The van der Waals surface area contributed by atoms with Crippen LogP contribution in [0.4, 0.5) is 5.13 Å². The van der Waals surface area contributed by atoms with Crippen molar-refractivity contribution >= 4 is 32.6 Å². The molecule has 3 aromatic rings.